The summed E-state index contributed by atoms with van der Waals surface area (Å²) in [7, 11) is -2.13. The Balaban J connectivity index is 1.56. The van der Waals surface area contributed by atoms with Crippen molar-refractivity contribution in [2.75, 3.05) is 26.8 Å². The molecule has 3 rings (SSSR count). The summed E-state index contributed by atoms with van der Waals surface area (Å²) in [6, 6.07) is 13.8. The Hall–Kier alpha value is -2.58. The third kappa shape index (κ3) is 5.98. The van der Waals surface area contributed by atoms with Crippen LogP contribution in [0.4, 0.5) is 0 Å². The summed E-state index contributed by atoms with van der Waals surface area (Å²) >= 11 is 0. The molecule has 1 fully saturated rings. The number of piperidine rings is 1. The summed E-state index contributed by atoms with van der Waals surface area (Å²) in [6.07, 6.45) is 1.30. The molecule has 2 aromatic rings. The van der Waals surface area contributed by atoms with E-state index in [2.05, 4.69) is 5.32 Å². The predicted octanol–water partition coefficient (Wildman–Crippen LogP) is 2.99. The third-order valence-electron chi connectivity index (χ3n) is 5.36. The fraction of sp³-hybridized carbons (Fsp3) is 0.435. The zero-order chi connectivity index (χ0) is 22.4. The molecule has 0 aromatic heterocycles. The lowest BCUT2D eigenvalue weighted by molar-refractivity contribution is -0.126. The van der Waals surface area contributed by atoms with E-state index in [0.717, 1.165) is 11.3 Å². The van der Waals surface area contributed by atoms with Gasteiger partial charge >= 0.3 is 0 Å². The first kappa shape index (κ1) is 23.1. The van der Waals surface area contributed by atoms with Crippen LogP contribution in [-0.2, 0) is 14.8 Å². The summed E-state index contributed by atoms with van der Waals surface area (Å²) in [5.74, 6) is 0.816. The summed E-state index contributed by atoms with van der Waals surface area (Å²) in [5, 5.41) is 2.96. The number of carbonyl (C=O) groups excluding carboxylic acids is 1. The molecule has 1 aliphatic rings. The number of carbonyl (C=O) groups is 1. The third-order valence-corrected chi connectivity index (χ3v) is 7.24. The molecule has 0 saturated carbocycles. The fourth-order valence-corrected chi connectivity index (χ4v) is 5.05. The molecule has 0 spiro atoms. The van der Waals surface area contributed by atoms with Crippen molar-refractivity contribution in [3.63, 3.8) is 0 Å². The van der Waals surface area contributed by atoms with Crippen LogP contribution in [0.5, 0.6) is 11.5 Å². The van der Waals surface area contributed by atoms with Crippen LogP contribution in [0.3, 0.4) is 0 Å². The topological polar surface area (TPSA) is 84.9 Å². The van der Waals surface area contributed by atoms with Gasteiger partial charge in [0.25, 0.3) is 0 Å². The maximum atomic E-state index is 13.0. The molecule has 8 heteroatoms. The summed E-state index contributed by atoms with van der Waals surface area (Å²) in [6.45, 7) is 4.81. The highest BCUT2D eigenvalue weighted by Crippen LogP contribution is 2.25. The van der Waals surface area contributed by atoms with E-state index in [9.17, 15) is 13.2 Å². The highest BCUT2D eigenvalue weighted by Gasteiger charge is 2.33. The van der Waals surface area contributed by atoms with Crippen molar-refractivity contribution in [3.8, 4) is 11.5 Å². The van der Waals surface area contributed by atoms with Gasteiger partial charge < -0.3 is 14.8 Å². The number of benzene rings is 2. The molecule has 1 N–H and O–H groups in total. The molecular weight excluding hydrogens is 416 g/mol. The van der Waals surface area contributed by atoms with Gasteiger partial charge in [-0.25, -0.2) is 8.42 Å². The van der Waals surface area contributed by atoms with Crippen molar-refractivity contribution < 1.29 is 22.7 Å². The predicted molar refractivity (Wildman–Crippen MR) is 119 cm³/mol. The number of rotatable bonds is 8. The van der Waals surface area contributed by atoms with E-state index in [4.69, 9.17) is 9.47 Å². The van der Waals surface area contributed by atoms with E-state index in [0.29, 0.717) is 31.7 Å². The van der Waals surface area contributed by atoms with Crippen LogP contribution in [-0.4, -0.2) is 51.5 Å². The normalized spacial score (nSPS) is 18.2. The monoisotopic (exact) mass is 446 g/mol. The van der Waals surface area contributed by atoms with Crippen molar-refractivity contribution in [2.45, 2.75) is 37.6 Å². The van der Waals surface area contributed by atoms with Crippen molar-refractivity contribution in [3.05, 3.63) is 54.1 Å². The average Bonchev–Trinajstić information content (AvgIpc) is 2.78. The van der Waals surface area contributed by atoms with Gasteiger partial charge in [-0.1, -0.05) is 17.7 Å². The van der Waals surface area contributed by atoms with E-state index in [1.807, 2.05) is 38.1 Å². The number of ether oxygens (including phenoxy) is 2. The van der Waals surface area contributed by atoms with Gasteiger partial charge in [0.05, 0.1) is 24.0 Å². The second-order valence-electron chi connectivity index (χ2n) is 7.91. The van der Waals surface area contributed by atoms with Crippen LogP contribution >= 0.6 is 0 Å². The van der Waals surface area contributed by atoms with Gasteiger partial charge in [0.15, 0.2) is 0 Å². The maximum absolute atomic E-state index is 13.0. The first-order chi connectivity index (χ1) is 14.8. The molecule has 0 unspecified atom stereocenters. The van der Waals surface area contributed by atoms with Crippen LogP contribution < -0.4 is 14.8 Å². The molecule has 1 amide bonds. The molecule has 2 aromatic carbocycles. The maximum Gasteiger partial charge on any atom is 0.243 e. The van der Waals surface area contributed by atoms with E-state index < -0.39 is 10.0 Å². The van der Waals surface area contributed by atoms with Crippen molar-refractivity contribution in [1.29, 1.82) is 0 Å². The number of aryl methyl sites for hydroxylation is 1. The second-order valence-corrected chi connectivity index (χ2v) is 9.85. The van der Waals surface area contributed by atoms with Crippen molar-refractivity contribution in [1.82, 2.24) is 9.62 Å². The molecule has 168 valence electrons. The van der Waals surface area contributed by atoms with Crippen LogP contribution in [0.25, 0.3) is 0 Å². The molecular formula is C23H30N2O5S. The molecule has 1 aliphatic heterocycles. The van der Waals surface area contributed by atoms with Gasteiger partial charge in [0, 0.05) is 13.1 Å². The van der Waals surface area contributed by atoms with Crippen molar-refractivity contribution in [2.24, 2.45) is 5.92 Å². The Bertz CT molecular complexity index is 974. The minimum Gasteiger partial charge on any atom is -0.497 e. The van der Waals surface area contributed by atoms with E-state index in [-0.39, 0.29) is 29.3 Å². The number of nitrogens with one attached hydrogen (secondary N) is 1. The van der Waals surface area contributed by atoms with Gasteiger partial charge in [-0.3, -0.25) is 4.79 Å². The van der Waals surface area contributed by atoms with E-state index in [1.54, 1.807) is 12.1 Å². The van der Waals surface area contributed by atoms with Crippen molar-refractivity contribution >= 4 is 15.9 Å². The fourth-order valence-electron chi connectivity index (χ4n) is 3.53. The van der Waals surface area contributed by atoms with Crippen LogP contribution in [0.1, 0.15) is 25.3 Å². The molecule has 0 radical (unpaired) electrons. The quantitative estimate of drug-likeness (QED) is 0.674. The Morgan fingerprint density at radius 1 is 1.13 bits per heavy atom. The zero-order valence-electron chi connectivity index (χ0n) is 18.2. The smallest absolute Gasteiger partial charge is 0.243 e. The summed E-state index contributed by atoms with van der Waals surface area (Å²) in [5.41, 5.74) is 1.15. The zero-order valence-corrected chi connectivity index (χ0v) is 19.0. The minimum absolute atomic E-state index is 0.144. The Morgan fingerprint density at radius 3 is 2.42 bits per heavy atom. The largest absolute Gasteiger partial charge is 0.497 e. The first-order valence-electron chi connectivity index (χ1n) is 10.4. The van der Waals surface area contributed by atoms with E-state index in [1.165, 1.54) is 23.5 Å². The lowest BCUT2D eigenvalue weighted by atomic mass is 9.98. The molecule has 1 heterocycles. The SMILES string of the molecule is COc1ccc(S(=O)(=O)N2CCC[C@@H](C(=O)N[C@@H](C)COc3ccc(C)cc3)C2)cc1. The van der Waals surface area contributed by atoms with Gasteiger partial charge in [-0.2, -0.15) is 4.31 Å². The lowest BCUT2D eigenvalue weighted by Crippen LogP contribution is -2.48. The van der Waals surface area contributed by atoms with Gasteiger partial charge in [0.1, 0.15) is 18.1 Å². The number of methoxy groups -OCH3 is 1. The first-order valence-corrected chi connectivity index (χ1v) is 11.9. The molecule has 1 saturated heterocycles. The number of hydrogen-bond donors (Lipinski definition) is 1. The van der Waals surface area contributed by atoms with Gasteiger partial charge in [0.2, 0.25) is 15.9 Å². The summed E-state index contributed by atoms with van der Waals surface area (Å²) in [4.78, 5) is 13.0. The average molecular weight is 447 g/mol. The highest BCUT2D eigenvalue weighted by atomic mass is 32.2. The number of hydrogen-bond acceptors (Lipinski definition) is 5. The number of amides is 1. The molecule has 2 atom stereocenters. The van der Waals surface area contributed by atoms with Gasteiger partial charge in [-0.15, -0.1) is 0 Å². The number of nitrogens with zero attached hydrogens (tertiary/aromatic N) is 1. The van der Waals surface area contributed by atoms with Crippen LogP contribution in [0, 0.1) is 12.8 Å². The highest BCUT2D eigenvalue weighted by molar-refractivity contribution is 7.89. The van der Waals surface area contributed by atoms with Crippen LogP contribution in [0.15, 0.2) is 53.4 Å². The number of sulfonamides is 1. The Labute approximate surface area is 184 Å². The summed E-state index contributed by atoms with van der Waals surface area (Å²) < 4.78 is 38.2. The Morgan fingerprint density at radius 2 is 1.77 bits per heavy atom. The van der Waals surface area contributed by atoms with Crippen LogP contribution in [0.2, 0.25) is 0 Å². The van der Waals surface area contributed by atoms with Gasteiger partial charge in [-0.05, 0) is 63.1 Å². The minimum atomic E-state index is -3.66. The van der Waals surface area contributed by atoms with E-state index >= 15 is 0 Å². The standard InChI is InChI=1S/C23H30N2O5S/c1-17-6-8-21(9-7-17)30-16-18(2)24-23(26)19-5-4-14-25(15-19)31(27,28)22-12-10-20(29-3)11-13-22/h6-13,18-19H,4-5,14-16H2,1-3H3,(H,24,26)/t18-,19+/m0/s1. The molecule has 0 aliphatic carbocycles. The molecule has 7 nitrogen and oxygen atoms in total. The molecule has 0 bridgehead atoms. The lowest BCUT2D eigenvalue weighted by Gasteiger charge is -2.31. The second kappa shape index (κ2) is 10.2. The Kier molecular flexibility index (Phi) is 7.56. The molecule has 31 heavy (non-hydrogen) atoms.